The van der Waals surface area contributed by atoms with Crippen molar-refractivity contribution >= 4 is 12.1 Å². The summed E-state index contributed by atoms with van der Waals surface area (Å²) >= 11 is 0. The van der Waals surface area contributed by atoms with Crippen LogP contribution >= 0.6 is 0 Å². The molecule has 0 bridgehead atoms. The molecule has 136 valence electrons. The first-order valence-corrected chi connectivity index (χ1v) is 8.68. The first-order valence-electron chi connectivity index (χ1n) is 8.68. The van der Waals surface area contributed by atoms with E-state index in [-0.39, 0.29) is 23.1 Å². The Bertz CT molecular complexity index is 812. The third-order valence-electron chi connectivity index (χ3n) is 4.53. The van der Waals surface area contributed by atoms with E-state index in [9.17, 15) is 14.7 Å². The Morgan fingerprint density at radius 3 is 2.54 bits per heavy atom. The maximum atomic E-state index is 12.1. The normalized spacial score (nSPS) is 14.6. The molecular weight excluding hydrogens is 334 g/mol. The average Bonchev–Trinajstić information content (AvgIpc) is 2.64. The number of phenols is 1. The number of carbonyl (C=O) groups is 2. The van der Waals surface area contributed by atoms with Crippen LogP contribution in [0.3, 0.4) is 0 Å². The van der Waals surface area contributed by atoms with Gasteiger partial charge in [0.05, 0.1) is 5.56 Å². The van der Waals surface area contributed by atoms with Crippen LogP contribution in [0, 0.1) is 0 Å². The Morgan fingerprint density at radius 2 is 1.81 bits per heavy atom. The highest BCUT2D eigenvalue weighted by Crippen LogP contribution is 2.33. The van der Waals surface area contributed by atoms with Gasteiger partial charge in [0, 0.05) is 11.6 Å². The van der Waals surface area contributed by atoms with Crippen LogP contribution in [-0.4, -0.2) is 28.3 Å². The summed E-state index contributed by atoms with van der Waals surface area (Å²) in [7, 11) is 0. The van der Waals surface area contributed by atoms with Crippen molar-refractivity contribution in [2.24, 2.45) is 0 Å². The summed E-state index contributed by atoms with van der Waals surface area (Å²) in [5.74, 6) is -0.787. The fourth-order valence-electron chi connectivity index (χ4n) is 3.18. The molecule has 0 saturated heterocycles. The molecule has 1 aliphatic carbocycles. The molecule has 0 heterocycles. The quantitative estimate of drug-likeness (QED) is 0.765. The number of benzene rings is 2. The largest absolute Gasteiger partial charge is 0.507 e. The minimum absolute atomic E-state index is 0.0208. The van der Waals surface area contributed by atoms with Crippen molar-refractivity contribution in [3.8, 4) is 22.6 Å². The third-order valence-corrected chi connectivity index (χ3v) is 4.53. The molecule has 2 aromatic rings. The van der Waals surface area contributed by atoms with Crippen LogP contribution in [-0.2, 0) is 0 Å². The van der Waals surface area contributed by atoms with E-state index >= 15 is 0 Å². The smallest absolute Gasteiger partial charge is 0.412 e. The molecule has 0 unspecified atom stereocenters. The van der Waals surface area contributed by atoms with Gasteiger partial charge in [-0.25, -0.2) is 9.59 Å². The molecule has 0 aliphatic heterocycles. The molecule has 1 fully saturated rings. The van der Waals surface area contributed by atoms with Gasteiger partial charge in [0.25, 0.3) is 0 Å². The van der Waals surface area contributed by atoms with Gasteiger partial charge >= 0.3 is 12.1 Å². The van der Waals surface area contributed by atoms with Crippen molar-refractivity contribution in [2.75, 3.05) is 0 Å². The van der Waals surface area contributed by atoms with Crippen LogP contribution in [0.5, 0.6) is 11.5 Å². The highest BCUT2D eigenvalue weighted by Gasteiger charge is 2.17. The maximum absolute atomic E-state index is 12.1. The Kier molecular flexibility index (Phi) is 5.41. The highest BCUT2D eigenvalue weighted by atomic mass is 16.6. The van der Waals surface area contributed by atoms with E-state index in [0.29, 0.717) is 11.1 Å². The second-order valence-corrected chi connectivity index (χ2v) is 6.43. The molecule has 0 atom stereocenters. The number of ether oxygens (including phenoxy) is 1. The van der Waals surface area contributed by atoms with E-state index in [0.717, 1.165) is 25.7 Å². The molecule has 1 amide bonds. The van der Waals surface area contributed by atoms with Gasteiger partial charge in [-0.3, -0.25) is 0 Å². The SMILES string of the molecule is O=C(NC1CCCCC1)Oc1ccc(O)c(-c2cccc(C(=O)O)c2)c1. The standard InChI is InChI=1S/C20H21NO5/c22-18-10-9-16(26-20(25)21-15-7-2-1-3-8-15)12-17(18)13-5-4-6-14(11-13)19(23)24/h4-6,9-12,15,22H,1-3,7-8H2,(H,21,25)(H,23,24). The van der Waals surface area contributed by atoms with Crippen molar-refractivity contribution < 1.29 is 24.5 Å². The molecule has 26 heavy (non-hydrogen) atoms. The van der Waals surface area contributed by atoms with E-state index in [2.05, 4.69) is 5.32 Å². The Balaban J connectivity index is 1.76. The zero-order valence-corrected chi connectivity index (χ0v) is 14.3. The minimum Gasteiger partial charge on any atom is -0.507 e. The fourth-order valence-corrected chi connectivity index (χ4v) is 3.18. The first kappa shape index (κ1) is 17.8. The maximum Gasteiger partial charge on any atom is 0.412 e. The van der Waals surface area contributed by atoms with Crippen LogP contribution < -0.4 is 10.1 Å². The molecule has 6 nitrogen and oxygen atoms in total. The Labute approximate surface area is 151 Å². The second kappa shape index (κ2) is 7.91. The first-order chi connectivity index (χ1) is 12.5. The summed E-state index contributed by atoms with van der Waals surface area (Å²) in [6, 6.07) is 10.8. The number of nitrogens with one attached hydrogen (secondary N) is 1. The van der Waals surface area contributed by atoms with Crippen LogP contribution in [0.1, 0.15) is 42.5 Å². The molecule has 2 aromatic carbocycles. The topological polar surface area (TPSA) is 95.9 Å². The van der Waals surface area contributed by atoms with Crippen LogP contribution in [0.2, 0.25) is 0 Å². The van der Waals surface area contributed by atoms with Gasteiger partial charge in [-0.1, -0.05) is 31.4 Å². The third kappa shape index (κ3) is 4.33. The van der Waals surface area contributed by atoms with Gasteiger partial charge in [-0.2, -0.15) is 0 Å². The molecule has 6 heteroatoms. The summed E-state index contributed by atoms with van der Waals surface area (Å²) in [6.45, 7) is 0. The summed E-state index contributed by atoms with van der Waals surface area (Å²) in [5.41, 5.74) is 1.04. The number of hydrogen-bond donors (Lipinski definition) is 3. The van der Waals surface area contributed by atoms with Gasteiger partial charge in [-0.15, -0.1) is 0 Å². The molecule has 0 spiro atoms. The monoisotopic (exact) mass is 355 g/mol. The summed E-state index contributed by atoms with van der Waals surface area (Å²) in [4.78, 5) is 23.2. The van der Waals surface area contributed by atoms with E-state index in [1.54, 1.807) is 12.1 Å². The van der Waals surface area contributed by atoms with Crippen LogP contribution in [0.4, 0.5) is 4.79 Å². The zero-order valence-electron chi connectivity index (χ0n) is 14.3. The van der Waals surface area contributed by atoms with Crippen molar-refractivity contribution in [2.45, 2.75) is 38.1 Å². The highest BCUT2D eigenvalue weighted by molar-refractivity contribution is 5.90. The van der Waals surface area contributed by atoms with Gasteiger partial charge in [0.15, 0.2) is 0 Å². The van der Waals surface area contributed by atoms with E-state index < -0.39 is 12.1 Å². The summed E-state index contributed by atoms with van der Waals surface area (Å²) in [6.07, 6.45) is 4.80. The van der Waals surface area contributed by atoms with E-state index in [1.165, 1.54) is 36.8 Å². The number of aromatic carboxylic acids is 1. The average molecular weight is 355 g/mol. The molecule has 0 aromatic heterocycles. The van der Waals surface area contributed by atoms with Gasteiger partial charge in [0.1, 0.15) is 11.5 Å². The number of carbonyl (C=O) groups excluding carboxylic acids is 1. The predicted octanol–water partition coefficient (Wildman–Crippen LogP) is 4.18. The number of hydrogen-bond acceptors (Lipinski definition) is 4. The predicted molar refractivity (Wildman–Crippen MR) is 96.5 cm³/mol. The van der Waals surface area contributed by atoms with Crippen molar-refractivity contribution in [3.05, 3.63) is 48.0 Å². The molecule has 1 saturated carbocycles. The van der Waals surface area contributed by atoms with Gasteiger partial charge < -0.3 is 20.3 Å². The summed E-state index contributed by atoms with van der Waals surface area (Å²) in [5, 5.41) is 22.1. The number of phenolic OH excluding ortho intramolecular Hbond substituents is 1. The Morgan fingerprint density at radius 1 is 1.04 bits per heavy atom. The summed E-state index contributed by atoms with van der Waals surface area (Å²) < 4.78 is 5.33. The van der Waals surface area contributed by atoms with Gasteiger partial charge in [0.2, 0.25) is 0 Å². The lowest BCUT2D eigenvalue weighted by Gasteiger charge is -2.22. The van der Waals surface area contributed by atoms with Crippen molar-refractivity contribution in [1.29, 1.82) is 0 Å². The molecule has 1 aliphatic rings. The number of carboxylic acids is 1. The minimum atomic E-state index is -1.05. The number of rotatable bonds is 4. The lowest BCUT2D eigenvalue weighted by atomic mass is 9.96. The molecule has 3 N–H and O–H groups in total. The molecule has 0 radical (unpaired) electrons. The van der Waals surface area contributed by atoms with Crippen molar-refractivity contribution in [3.63, 3.8) is 0 Å². The zero-order chi connectivity index (χ0) is 18.5. The van der Waals surface area contributed by atoms with Crippen LogP contribution in [0.25, 0.3) is 11.1 Å². The van der Waals surface area contributed by atoms with Crippen molar-refractivity contribution in [1.82, 2.24) is 5.32 Å². The number of amides is 1. The number of aromatic hydroxyl groups is 1. The fraction of sp³-hybridized carbons (Fsp3) is 0.300. The number of carboxylic acid groups (broad SMARTS) is 1. The molecule has 3 rings (SSSR count). The van der Waals surface area contributed by atoms with Crippen LogP contribution in [0.15, 0.2) is 42.5 Å². The van der Waals surface area contributed by atoms with Gasteiger partial charge in [-0.05, 0) is 48.7 Å². The lowest BCUT2D eigenvalue weighted by Crippen LogP contribution is -2.37. The lowest BCUT2D eigenvalue weighted by molar-refractivity contribution is 0.0697. The Hall–Kier alpha value is -3.02. The second-order valence-electron chi connectivity index (χ2n) is 6.43. The molecular formula is C20H21NO5. The van der Waals surface area contributed by atoms with E-state index in [1.807, 2.05) is 0 Å². The van der Waals surface area contributed by atoms with E-state index in [4.69, 9.17) is 9.84 Å².